The van der Waals surface area contributed by atoms with E-state index in [1.165, 1.54) is 6.26 Å². The van der Waals surface area contributed by atoms with Crippen LogP contribution in [0.3, 0.4) is 0 Å². The SMILES string of the molecule is Cc1cc(C(=O)N[C@H]2CC[C@@H](C(=O)O)C2)co1. The molecular formula is C12H15NO4. The Labute approximate surface area is 98.8 Å². The second kappa shape index (κ2) is 4.61. The summed E-state index contributed by atoms with van der Waals surface area (Å²) < 4.78 is 5.05. The number of carbonyl (C=O) groups is 2. The molecule has 1 amide bonds. The third-order valence-corrected chi connectivity index (χ3v) is 3.11. The van der Waals surface area contributed by atoms with Gasteiger partial charge in [-0.25, -0.2) is 0 Å². The summed E-state index contributed by atoms with van der Waals surface area (Å²) >= 11 is 0. The molecule has 0 radical (unpaired) electrons. The molecule has 1 fully saturated rings. The minimum Gasteiger partial charge on any atom is -0.481 e. The number of hydrogen-bond donors (Lipinski definition) is 2. The lowest BCUT2D eigenvalue weighted by Gasteiger charge is -2.11. The first-order valence-electron chi connectivity index (χ1n) is 5.65. The van der Waals surface area contributed by atoms with Crippen LogP contribution in [0.25, 0.3) is 0 Å². The van der Waals surface area contributed by atoms with Crippen molar-refractivity contribution in [3.63, 3.8) is 0 Å². The van der Waals surface area contributed by atoms with Crippen LogP contribution in [0.15, 0.2) is 16.7 Å². The van der Waals surface area contributed by atoms with Crippen molar-refractivity contribution in [2.45, 2.75) is 32.2 Å². The lowest BCUT2D eigenvalue weighted by Crippen LogP contribution is -2.33. The summed E-state index contributed by atoms with van der Waals surface area (Å²) in [6.45, 7) is 1.77. The topological polar surface area (TPSA) is 79.5 Å². The first-order valence-corrected chi connectivity index (χ1v) is 5.65. The smallest absolute Gasteiger partial charge is 0.306 e. The van der Waals surface area contributed by atoms with Crippen LogP contribution in [0.1, 0.15) is 35.4 Å². The number of carbonyl (C=O) groups excluding carboxylic acids is 1. The number of amides is 1. The number of carboxylic acids is 1. The van der Waals surface area contributed by atoms with Gasteiger partial charge in [-0.2, -0.15) is 0 Å². The van der Waals surface area contributed by atoms with Crippen LogP contribution < -0.4 is 5.32 Å². The molecular weight excluding hydrogens is 222 g/mol. The normalized spacial score (nSPS) is 23.6. The zero-order chi connectivity index (χ0) is 12.4. The molecule has 0 aromatic carbocycles. The summed E-state index contributed by atoms with van der Waals surface area (Å²) in [5.74, 6) is -0.616. The van der Waals surface area contributed by atoms with E-state index in [0.29, 0.717) is 24.2 Å². The van der Waals surface area contributed by atoms with Crippen molar-refractivity contribution < 1.29 is 19.1 Å². The molecule has 1 heterocycles. The van der Waals surface area contributed by atoms with Gasteiger partial charge in [0.05, 0.1) is 11.5 Å². The maximum Gasteiger partial charge on any atom is 0.306 e. The fourth-order valence-corrected chi connectivity index (χ4v) is 2.17. The summed E-state index contributed by atoms with van der Waals surface area (Å²) in [4.78, 5) is 22.6. The zero-order valence-corrected chi connectivity index (χ0v) is 9.60. The molecule has 0 saturated heterocycles. The molecule has 2 atom stereocenters. The molecule has 17 heavy (non-hydrogen) atoms. The highest BCUT2D eigenvalue weighted by Crippen LogP contribution is 2.25. The Balaban J connectivity index is 1.90. The van der Waals surface area contributed by atoms with E-state index in [2.05, 4.69) is 5.32 Å². The van der Waals surface area contributed by atoms with Crippen LogP contribution in [-0.4, -0.2) is 23.0 Å². The van der Waals surface area contributed by atoms with Crippen molar-refractivity contribution in [1.82, 2.24) is 5.32 Å². The minimum atomic E-state index is -0.777. The Bertz CT molecular complexity index is 437. The van der Waals surface area contributed by atoms with E-state index in [1.807, 2.05) is 0 Å². The van der Waals surface area contributed by atoms with Crippen LogP contribution in [0.4, 0.5) is 0 Å². The fourth-order valence-electron chi connectivity index (χ4n) is 2.17. The molecule has 0 spiro atoms. The van der Waals surface area contributed by atoms with Crippen molar-refractivity contribution in [2.24, 2.45) is 5.92 Å². The Hall–Kier alpha value is -1.78. The van der Waals surface area contributed by atoms with Gasteiger partial charge in [-0.05, 0) is 32.3 Å². The Morgan fingerprint density at radius 1 is 1.47 bits per heavy atom. The predicted molar refractivity (Wildman–Crippen MR) is 59.7 cm³/mol. The number of rotatable bonds is 3. The van der Waals surface area contributed by atoms with Gasteiger partial charge in [0.25, 0.3) is 5.91 Å². The van der Waals surface area contributed by atoms with Gasteiger partial charge in [0, 0.05) is 6.04 Å². The molecule has 0 bridgehead atoms. The Morgan fingerprint density at radius 3 is 2.76 bits per heavy atom. The van der Waals surface area contributed by atoms with Crippen LogP contribution in [0, 0.1) is 12.8 Å². The van der Waals surface area contributed by atoms with Crippen molar-refractivity contribution in [2.75, 3.05) is 0 Å². The molecule has 1 aromatic rings. The van der Waals surface area contributed by atoms with Crippen LogP contribution in [0.2, 0.25) is 0 Å². The average molecular weight is 237 g/mol. The van der Waals surface area contributed by atoms with Gasteiger partial charge in [0.15, 0.2) is 0 Å². The Morgan fingerprint density at radius 2 is 2.24 bits per heavy atom. The number of furan rings is 1. The lowest BCUT2D eigenvalue weighted by molar-refractivity contribution is -0.141. The summed E-state index contributed by atoms with van der Waals surface area (Å²) in [6, 6.07) is 1.62. The standard InChI is InChI=1S/C12H15NO4/c1-7-4-9(6-17-7)11(14)13-10-3-2-8(5-10)12(15)16/h4,6,8,10H,2-3,5H2,1H3,(H,13,14)(H,15,16)/t8-,10+/m1/s1. The molecule has 1 aromatic heterocycles. The van der Waals surface area contributed by atoms with Crippen molar-refractivity contribution in [3.8, 4) is 0 Å². The maximum atomic E-state index is 11.8. The van der Waals surface area contributed by atoms with E-state index in [-0.39, 0.29) is 17.9 Å². The van der Waals surface area contributed by atoms with Gasteiger partial charge in [-0.15, -0.1) is 0 Å². The largest absolute Gasteiger partial charge is 0.481 e. The molecule has 5 heteroatoms. The van der Waals surface area contributed by atoms with Gasteiger partial charge in [0.1, 0.15) is 12.0 Å². The highest BCUT2D eigenvalue weighted by atomic mass is 16.4. The number of aliphatic carboxylic acids is 1. The second-order valence-corrected chi connectivity index (χ2v) is 4.46. The molecule has 1 aliphatic carbocycles. The van der Waals surface area contributed by atoms with Gasteiger partial charge in [0.2, 0.25) is 0 Å². The molecule has 1 saturated carbocycles. The van der Waals surface area contributed by atoms with Gasteiger partial charge >= 0.3 is 5.97 Å². The molecule has 92 valence electrons. The first kappa shape index (κ1) is 11.7. The summed E-state index contributed by atoms with van der Waals surface area (Å²) in [7, 11) is 0. The lowest BCUT2D eigenvalue weighted by atomic mass is 10.1. The van der Waals surface area contributed by atoms with E-state index in [1.54, 1.807) is 13.0 Å². The Kier molecular flexibility index (Phi) is 3.17. The fraction of sp³-hybridized carbons (Fsp3) is 0.500. The highest BCUT2D eigenvalue weighted by Gasteiger charge is 2.30. The van der Waals surface area contributed by atoms with Crippen molar-refractivity contribution >= 4 is 11.9 Å². The first-order chi connectivity index (χ1) is 8.06. The number of aryl methyl sites for hydroxylation is 1. The predicted octanol–water partition coefficient (Wildman–Crippen LogP) is 1.57. The van der Waals surface area contributed by atoms with Crippen LogP contribution >= 0.6 is 0 Å². The van der Waals surface area contributed by atoms with E-state index >= 15 is 0 Å². The van der Waals surface area contributed by atoms with E-state index < -0.39 is 5.97 Å². The molecule has 1 aliphatic rings. The molecule has 2 N–H and O–H groups in total. The summed E-state index contributed by atoms with van der Waals surface area (Å²) in [5.41, 5.74) is 0.487. The van der Waals surface area contributed by atoms with E-state index in [0.717, 1.165) is 6.42 Å². The second-order valence-electron chi connectivity index (χ2n) is 4.46. The molecule has 0 aliphatic heterocycles. The van der Waals surface area contributed by atoms with Gasteiger partial charge in [-0.3, -0.25) is 9.59 Å². The van der Waals surface area contributed by atoms with E-state index in [9.17, 15) is 9.59 Å². The number of nitrogens with one attached hydrogen (secondary N) is 1. The van der Waals surface area contributed by atoms with E-state index in [4.69, 9.17) is 9.52 Å². The monoisotopic (exact) mass is 237 g/mol. The molecule has 5 nitrogen and oxygen atoms in total. The number of carboxylic acid groups (broad SMARTS) is 1. The van der Waals surface area contributed by atoms with Crippen LogP contribution in [0.5, 0.6) is 0 Å². The van der Waals surface area contributed by atoms with Gasteiger partial charge in [-0.1, -0.05) is 0 Å². The molecule has 2 rings (SSSR count). The number of hydrogen-bond acceptors (Lipinski definition) is 3. The maximum absolute atomic E-state index is 11.8. The average Bonchev–Trinajstić information content (AvgIpc) is 2.86. The minimum absolute atomic E-state index is 0.0428. The third kappa shape index (κ3) is 2.67. The van der Waals surface area contributed by atoms with Crippen LogP contribution in [-0.2, 0) is 4.79 Å². The zero-order valence-electron chi connectivity index (χ0n) is 9.60. The van der Waals surface area contributed by atoms with Crippen molar-refractivity contribution in [3.05, 3.63) is 23.7 Å². The highest BCUT2D eigenvalue weighted by molar-refractivity contribution is 5.94. The van der Waals surface area contributed by atoms with Crippen molar-refractivity contribution in [1.29, 1.82) is 0 Å². The summed E-state index contributed by atoms with van der Waals surface area (Å²) in [6.07, 6.45) is 3.27. The van der Waals surface area contributed by atoms with Gasteiger partial charge < -0.3 is 14.8 Å². The molecule has 0 unspecified atom stereocenters. The third-order valence-electron chi connectivity index (χ3n) is 3.11. The summed E-state index contributed by atoms with van der Waals surface area (Å²) in [5, 5.41) is 11.7. The quantitative estimate of drug-likeness (QED) is 0.836.